The van der Waals surface area contributed by atoms with Crippen molar-refractivity contribution in [2.45, 2.75) is 64.7 Å². The number of phenols is 4. The van der Waals surface area contributed by atoms with Crippen LogP contribution in [-0.2, 0) is 64.7 Å². The van der Waals surface area contributed by atoms with E-state index in [1.807, 2.05) is 117 Å². The van der Waals surface area contributed by atoms with E-state index in [1.54, 1.807) is 12.2 Å². The number of rotatable bonds is 14. The van der Waals surface area contributed by atoms with Crippen LogP contribution < -0.4 is 9.47 Å². The average Bonchev–Trinajstić information content (AvgIpc) is 3.28. The Balaban J connectivity index is 1.50. The van der Waals surface area contributed by atoms with Crippen molar-refractivity contribution in [3.63, 3.8) is 0 Å². The first-order valence-electron chi connectivity index (χ1n) is 24.1. The first-order chi connectivity index (χ1) is 33.5. The Kier molecular flexibility index (Phi) is 16.8. The van der Waals surface area contributed by atoms with E-state index in [-0.39, 0.29) is 49.1 Å². The summed E-state index contributed by atoms with van der Waals surface area (Å²) in [5.41, 5.74) is 13.4. The molecule has 1 aliphatic rings. The van der Waals surface area contributed by atoms with Crippen LogP contribution in [-0.4, -0.2) is 110 Å². The van der Waals surface area contributed by atoms with E-state index >= 15 is 0 Å². The summed E-state index contributed by atoms with van der Waals surface area (Å²) in [6.07, 6.45) is 5.49. The minimum Gasteiger partial charge on any atom is -0.507 e. The molecule has 4 N–H and O–H groups in total. The second kappa shape index (κ2) is 22.9. The van der Waals surface area contributed by atoms with Crippen LogP contribution in [0.3, 0.4) is 0 Å². The minimum absolute atomic E-state index is 0.169. The van der Waals surface area contributed by atoms with Gasteiger partial charge in [-0.25, -0.2) is 0 Å². The van der Waals surface area contributed by atoms with E-state index in [1.165, 1.54) is 0 Å². The van der Waals surface area contributed by atoms with Crippen molar-refractivity contribution in [3.8, 4) is 34.5 Å². The summed E-state index contributed by atoms with van der Waals surface area (Å²) >= 11 is 0. The monoisotopic (exact) mass is 945 g/mol. The van der Waals surface area contributed by atoms with Crippen molar-refractivity contribution in [1.29, 1.82) is 0 Å². The zero-order valence-electron chi connectivity index (χ0n) is 42.5. The Bertz CT molecular complexity index is 2480. The van der Waals surface area contributed by atoms with E-state index in [4.69, 9.17) is 9.47 Å². The molecule has 10 nitrogen and oxygen atoms in total. The van der Waals surface area contributed by atoms with Crippen molar-refractivity contribution < 1.29 is 29.9 Å². The van der Waals surface area contributed by atoms with Crippen LogP contribution in [0.5, 0.6) is 34.5 Å². The Labute approximate surface area is 416 Å². The van der Waals surface area contributed by atoms with Gasteiger partial charge in [0.25, 0.3) is 0 Å². The summed E-state index contributed by atoms with van der Waals surface area (Å²) in [5, 5.41) is 49.4. The van der Waals surface area contributed by atoms with Crippen LogP contribution in [0.15, 0.2) is 110 Å². The highest BCUT2D eigenvalue weighted by Crippen LogP contribution is 2.41. The largest absolute Gasteiger partial charge is 0.507 e. The lowest BCUT2D eigenvalue weighted by Crippen LogP contribution is -2.13. The Morgan fingerprint density at radius 2 is 0.571 bits per heavy atom. The number of hydrogen-bond acceptors (Lipinski definition) is 10. The molecule has 70 heavy (non-hydrogen) atoms. The Hall–Kier alpha value is -6.56. The van der Waals surface area contributed by atoms with E-state index in [0.717, 1.165) is 66.8 Å². The smallest absolute Gasteiger partial charge is 0.126 e. The Morgan fingerprint density at radius 3 is 0.757 bits per heavy atom. The van der Waals surface area contributed by atoms with Gasteiger partial charge in [-0.3, -0.25) is 0 Å². The molecule has 0 atom stereocenters. The maximum Gasteiger partial charge on any atom is 0.126 e. The van der Waals surface area contributed by atoms with E-state index in [2.05, 4.69) is 57.0 Å². The van der Waals surface area contributed by atoms with Crippen LogP contribution in [0.2, 0.25) is 0 Å². The molecule has 0 radical (unpaired) electrons. The van der Waals surface area contributed by atoms with Gasteiger partial charge in [0, 0.05) is 64.7 Å². The van der Waals surface area contributed by atoms with Gasteiger partial charge in [0.2, 0.25) is 0 Å². The molecule has 0 saturated carbocycles. The van der Waals surface area contributed by atoms with Gasteiger partial charge in [0.1, 0.15) is 47.7 Å². The van der Waals surface area contributed by atoms with Crippen molar-refractivity contribution in [1.82, 2.24) is 19.6 Å². The number of ether oxygens (including phenoxy) is 2. The van der Waals surface area contributed by atoms with Gasteiger partial charge in [-0.05, 0) is 145 Å². The number of phenolic OH excluding ortho intramolecular Hbond substituents is 4. The van der Waals surface area contributed by atoms with Crippen LogP contribution in [0, 0.1) is 0 Å². The minimum atomic E-state index is 0.169. The molecule has 0 spiro atoms. The fraction of sp³-hybridized carbons (Fsp3) is 0.333. The number of aromatic hydroxyl groups is 4. The van der Waals surface area contributed by atoms with Gasteiger partial charge in [0.15, 0.2) is 0 Å². The molecule has 0 heterocycles. The second-order valence-corrected chi connectivity index (χ2v) is 20.1. The molecule has 1 aliphatic carbocycles. The SMILES string of the molecule is C=CCOc1c2cccc1Cc1cc(CN(C)C)cc(c1O)Cc1cc(CN(C)C)cc(c1O)Cc1cccc(c1OCC=C)Cc1cc(CN(C)C)cc(c1O)Cc1cc(CN(C)C)cc(c1O)C2. The van der Waals surface area contributed by atoms with Crippen LogP contribution in [0.1, 0.15) is 89.0 Å². The zero-order valence-corrected chi connectivity index (χ0v) is 42.5. The molecule has 7 rings (SSSR count). The van der Waals surface area contributed by atoms with Crippen molar-refractivity contribution in [2.24, 2.45) is 0 Å². The lowest BCUT2D eigenvalue weighted by atomic mass is 9.89. The van der Waals surface area contributed by atoms with E-state index in [9.17, 15) is 20.4 Å². The van der Waals surface area contributed by atoms with E-state index < -0.39 is 0 Å². The predicted octanol–water partition coefficient (Wildman–Crippen LogP) is 9.74. The molecule has 12 bridgehead atoms. The van der Waals surface area contributed by atoms with Gasteiger partial charge in [-0.2, -0.15) is 0 Å². The first kappa shape index (κ1) is 51.3. The van der Waals surface area contributed by atoms with Crippen LogP contribution in [0.25, 0.3) is 0 Å². The summed E-state index contributed by atoms with van der Waals surface area (Å²) < 4.78 is 13.1. The summed E-state index contributed by atoms with van der Waals surface area (Å²) in [6, 6.07) is 28.6. The third-order valence-electron chi connectivity index (χ3n) is 12.6. The molecule has 0 aliphatic heterocycles. The number of fused-ring (bicyclic) bond motifs is 12. The van der Waals surface area contributed by atoms with Gasteiger partial charge in [-0.1, -0.05) is 110 Å². The fourth-order valence-electron chi connectivity index (χ4n) is 9.95. The third-order valence-corrected chi connectivity index (χ3v) is 12.6. The normalized spacial score (nSPS) is 12.9. The number of benzene rings is 6. The highest BCUT2D eigenvalue weighted by Gasteiger charge is 2.23. The molecule has 6 aromatic rings. The molecular weight excluding hydrogens is 873 g/mol. The summed E-state index contributed by atoms with van der Waals surface area (Å²) in [7, 11) is 16.2. The Morgan fingerprint density at radius 1 is 0.371 bits per heavy atom. The van der Waals surface area contributed by atoms with Gasteiger partial charge in [0.05, 0.1) is 0 Å². The van der Waals surface area contributed by atoms with Gasteiger partial charge >= 0.3 is 0 Å². The summed E-state index contributed by atoms with van der Waals surface area (Å²) in [4.78, 5) is 8.43. The highest BCUT2D eigenvalue weighted by molar-refractivity contribution is 5.58. The van der Waals surface area contributed by atoms with Crippen LogP contribution in [0.4, 0.5) is 0 Å². The highest BCUT2D eigenvalue weighted by atomic mass is 16.5. The third kappa shape index (κ3) is 12.6. The molecule has 10 heteroatoms. The number of hydrogen-bond donors (Lipinski definition) is 4. The molecule has 6 aromatic carbocycles. The molecule has 0 aromatic heterocycles. The maximum atomic E-state index is 12.3. The summed E-state index contributed by atoms with van der Waals surface area (Å²) in [6.45, 7) is 11.0. The van der Waals surface area contributed by atoms with E-state index in [0.29, 0.717) is 85.6 Å². The molecule has 0 amide bonds. The standard InChI is InChI=1S/C60H72N4O6/c1-11-19-69-59-43-15-13-16-44(59)30-48-22-40(36-62(5)6)26-52(56(48)66)34-54-28-42(38-64(9)10)24-50(58(54)68)32-46-18-14-17-45(60(46)70-20-12-2)31-49-23-41(37-63(7)8)27-53(57(49)67)33-51-25-39(35-61(3)4)21-47(29-43)55(51)65/h11-18,21-28,65-68H,1-2,19-20,29-38H2,3-10H3. The fourth-order valence-corrected chi connectivity index (χ4v) is 9.95. The maximum absolute atomic E-state index is 12.3. The molecular formula is C60H72N4O6. The van der Waals surface area contributed by atoms with Crippen molar-refractivity contribution >= 4 is 0 Å². The van der Waals surface area contributed by atoms with Crippen molar-refractivity contribution in [3.05, 3.63) is 199 Å². The molecule has 0 fully saturated rings. The van der Waals surface area contributed by atoms with Gasteiger partial charge in [-0.15, -0.1) is 0 Å². The second-order valence-electron chi connectivity index (χ2n) is 20.1. The van der Waals surface area contributed by atoms with Crippen molar-refractivity contribution in [2.75, 3.05) is 69.6 Å². The predicted molar refractivity (Wildman–Crippen MR) is 283 cm³/mol. The number of para-hydroxylation sites is 2. The zero-order chi connectivity index (χ0) is 50.2. The molecule has 368 valence electrons. The topological polar surface area (TPSA) is 112 Å². The quantitative estimate of drug-likeness (QED) is 0.0787. The average molecular weight is 945 g/mol. The molecule has 0 unspecified atom stereocenters. The van der Waals surface area contributed by atoms with Crippen LogP contribution >= 0.6 is 0 Å². The lowest BCUT2D eigenvalue weighted by Gasteiger charge is -2.22. The summed E-state index contributed by atoms with van der Waals surface area (Å²) in [5.74, 6) is 2.02. The first-order valence-corrected chi connectivity index (χ1v) is 24.1. The lowest BCUT2D eigenvalue weighted by molar-refractivity contribution is 0.355. The van der Waals surface area contributed by atoms with Gasteiger partial charge < -0.3 is 49.5 Å². The molecule has 0 saturated heterocycles. The number of nitrogens with zero attached hydrogens (tertiary/aromatic N) is 4.